The minimum Gasteiger partial charge on any atom is -0.256 e. The van der Waals surface area contributed by atoms with Crippen molar-refractivity contribution in [2.45, 2.75) is 27.7 Å². The quantitative estimate of drug-likeness (QED) is 0.400. The average Bonchev–Trinajstić information content (AvgIpc) is 2.63. The zero-order valence-corrected chi connectivity index (χ0v) is 17.7. The molecule has 0 heterocycles. The molecule has 0 radical (unpaired) electrons. The summed E-state index contributed by atoms with van der Waals surface area (Å²) in [4.78, 5) is 9.45. The number of rotatable bonds is 4. The zero-order chi connectivity index (χ0) is 19.4. The van der Waals surface area contributed by atoms with Crippen molar-refractivity contribution in [1.29, 1.82) is 0 Å². The van der Waals surface area contributed by atoms with Crippen LogP contribution in [0, 0.1) is 27.7 Å². The molecule has 3 aromatic rings. The van der Waals surface area contributed by atoms with Gasteiger partial charge in [0.2, 0.25) is 0 Å². The van der Waals surface area contributed by atoms with Gasteiger partial charge in [0.15, 0.2) is 0 Å². The highest BCUT2D eigenvalue weighted by atomic mass is 79.9. The summed E-state index contributed by atoms with van der Waals surface area (Å²) in [5, 5.41) is 0. The molecular formula is C24H23BrN2. The number of benzene rings is 3. The first-order valence-electron chi connectivity index (χ1n) is 8.96. The molecule has 0 aliphatic carbocycles. The molecule has 3 aromatic carbocycles. The van der Waals surface area contributed by atoms with E-state index in [9.17, 15) is 0 Å². The monoisotopic (exact) mass is 418 g/mol. The van der Waals surface area contributed by atoms with Crippen LogP contribution in [0.1, 0.15) is 33.4 Å². The summed E-state index contributed by atoms with van der Waals surface area (Å²) in [6.07, 6.45) is 3.82. The summed E-state index contributed by atoms with van der Waals surface area (Å²) >= 11 is 3.72. The first-order chi connectivity index (χ1) is 13.0. The largest absolute Gasteiger partial charge is 0.256 e. The summed E-state index contributed by atoms with van der Waals surface area (Å²) in [5.74, 6) is 0. The van der Waals surface area contributed by atoms with Crippen LogP contribution in [-0.2, 0) is 0 Å². The number of aryl methyl sites for hydroxylation is 4. The van der Waals surface area contributed by atoms with E-state index in [0.717, 1.165) is 27.0 Å². The van der Waals surface area contributed by atoms with Gasteiger partial charge in [-0.3, -0.25) is 9.98 Å². The molecule has 27 heavy (non-hydrogen) atoms. The van der Waals surface area contributed by atoms with Crippen LogP contribution in [-0.4, -0.2) is 12.4 Å². The van der Waals surface area contributed by atoms with Gasteiger partial charge in [0.05, 0.1) is 11.4 Å². The lowest BCUT2D eigenvalue weighted by molar-refractivity contribution is 1.33. The van der Waals surface area contributed by atoms with Gasteiger partial charge < -0.3 is 0 Å². The molecule has 0 aromatic heterocycles. The fraction of sp³-hybridized carbons (Fsp3) is 0.167. The molecule has 0 atom stereocenters. The Hall–Kier alpha value is -2.52. The van der Waals surface area contributed by atoms with Gasteiger partial charge >= 0.3 is 0 Å². The fourth-order valence-electron chi connectivity index (χ4n) is 3.05. The van der Waals surface area contributed by atoms with Crippen LogP contribution in [0.2, 0.25) is 0 Å². The van der Waals surface area contributed by atoms with Crippen LogP contribution in [0.15, 0.2) is 69.1 Å². The second kappa shape index (κ2) is 8.45. The maximum Gasteiger partial charge on any atom is 0.0688 e. The van der Waals surface area contributed by atoms with Gasteiger partial charge in [-0.05, 0) is 65.9 Å². The normalized spacial score (nSPS) is 11.6. The highest BCUT2D eigenvalue weighted by Gasteiger charge is 2.05. The van der Waals surface area contributed by atoms with Crippen molar-refractivity contribution in [3.8, 4) is 0 Å². The molecule has 0 aliphatic rings. The van der Waals surface area contributed by atoms with Crippen LogP contribution in [0.4, 0.5) is 11.4 Å². The van der Waals surface area contributed by atoms with Crippen LogP contribution in [0.5, 0.6) is 0 Å². The molecule has 0 spiro atoms. The molecule has 3 heteroatoms. The molecule has 0 bridgehead atoms. The summed E-state index contributed by atoms with van der Waals surface area (Å²) in [6, 6.07) is 18.6. The maximum absolute atomic E-state index is 4.72. The molecule has 0 fully saturated rings. The highest BCUT2D eigenvalue weighted by Crippen LogP contribution is 2.26. The second-order valence-corrected chi connectivity index (χ2v) is 7.54. The Labute approximate surface area is 169 Å². The lowest BCUT2D eigenvalue weighted by Gasteiger charge is -2.06. The maximum atomic E-state index is 4.72. The topological polar surface area (TPSA) is 24.7 Å². The van der Waals surface area contributed by atoms with Gasteiger partial charge in [0.25, 0.3) is 0 Å². The second-order valence-electron chi connectivity index (χ2n) is 6.75. The van der Waals surface area contributed by atoms with E-state index in [-0.39, 0.29) is 0 Å². The van der Waals surface area contributed by atoms with Crippen molar-refractivity contribution in [1.82, 2.24) is 0 Å². The predicted molar refractivity (Wildman–Crippen MR) is 120 cm³/mol. The Balaban J connectivity index is 1.93. The summed E-state index contributed by atoms with van der Waals surface area (Å²) < 4.78 is 0.995. The van der Waals surface area contributed by atoms with E-state index in [2.05, 4.69) is 92.2 Å². The van der Waals surface area contributed by atoms with Crippen molar-refractivity contribution >= 4 is 39.7 Å². The first kappa shape index (κ1) is 19.2. The number of para-hydroxylation sites is 2. The van der Waals surface area contributed by atoms with Crippen LogP contribution in [0.3, 0.4) is 0 Å². The van der Waals surface area contributed by atoms with Gasteiger partial charge in [-0.1, -0.05) is 54.6 Å². The van der Waals surface area contributed by atoms with Gasteiger partial charge in [-0.15, -0.1) is 0 Å². The smallest absolute Gasteiger partial charge is 0.0688 e. The van der Waals surface area contributed by atoms with Gasteiger partial charge in [-0.2, -0.15) is 0 Å². The van der Waals surface area contributed by atoms with Crippen LogP contribution < -0.4 is 0 Å². The lowest BCUT2D eigenvalue weighted by atomic mass is 10.1. The van der Waals surface area contributed by atoms with E-state index >= 15 is 0 Å². The van der Waals surface area contributed by atoms with E-state index in [1.165, 1.54) is 22.3 Å². The molecule has 0 saturated heterocycles. The van der Waals surface area contributed by atoms with Crippen molar-refractivity contribution in [3.05, 3.63) is 92.5 Å². The van der Waals surface area contributed by atoms with Crippen molar-refractivity contribution in [2.24, 2.45) is 9.98 Å². The standard InChI is InChI=1S/C24H23BrN2/c1-16-8-5-9-17(2)23(16)26-14-20-12-7-13-21(22(20)25)15-27-24-18(3)10-6-11-19(24)4/h5-15H,1-4H3. The average molecular weight is 419 g/mol. The number of nitrogens with zero attached hydrogens (tertiary/aromatic N) is 2. The molecule has 136 valence electrons. The van der Waals surface area contributed by atoms with Crippen molar-refractivity contribution in [2.75, 3.05) is 0 Å². The van der Waals surface area contributed by atoms with E-state index in [4.69, 9.17) is 9.98 Å². The molecule has 0 N–H and O–H groups in total. The van der Waals surface area contributed by atoms with E-state index < -0.39 is 0 Å². The third-order valence-corrected chi connectivity index (χ3v) is 5.52. The van der Waals surface area contributed by atoms with E-state index in [1.807, 2.05) is 18.5 Å². The third-order valence-electron chi connectivity index (χ3n) is 4.60. The van der Waals surface area contributed by atoms with Crippen LogP contribution >= 0.6 is 15.9 Å². The van der Waals surface area contributed by atoms with Gasteiger partial charge in [-0.25, -0.2) is 0 Å². The Morgan fingerprint density at radius 3 is 1.30 bits per heavy atom. The Kier molecular flexibility index (Phi) is 6.02. The van der Waals surface area contributed by atoms with Crippen molar-refractivity contribution in [3.63, 3.8) is 0 Å². The van der Waals surface area contributed by atoms with Gasteiger partial charge in [0, 0.05) is 28.0 Å². The molecule has 2 nitrogen and oxygen atoms in total. The molecule has 0 unspecified atom stereocenters. The number of hydrogen-bond acceptors (Lipinski definition) is 2. The lowest BCUT2D eigenvalue weighted by Crippen LogP contribution is -1.91. The number of hydrogen-bond donors (Lipinski definition) is 0. The van der Waals surface area contributed by atoms with Crippen molar-refractivity contribution < 1.29 is 0 Å². The fourth-order valence-corrected chi connectivity index (χ4v) is 3.52. The number of aliphatic imine (C=N–C) groups is 2. The molecular weight excluding hydrogens is 396 g/mol. The highest BCUT2D eigenvalue weighted by molar-refractivity contribution is 9.10. The Bertz CT molecular complexity index is 912. The minimum atomic E-state index is 0.995. The molecule has 0 aliphatic heterocycles. The van der Waals surface area contributed by atoms with E-state index in [0.29, 0.717) is 0 Å². The molecule has 0 amide bonds. The molecule has 3 rings (SSSR count). The first-order valence-corrected chi connectivity index (χ1v) is 9.75. The number of halogens is 1. The minimum absolute atomic E-state index is 0.995. The molecule has 0 saturated carbocycles. The van der Waals surface area contributed by atoms with E-state index in [1.54, 1.807) is 0 Å². The Morgan fingerprint density at radius 1 is 0.593 bits per heavy atom. The predicted octanol–water partition coefficient (Wildman–Crippen LogP) is 7.18. The summed E-state index contributed by atoms with van der Waals surface area (Å²) in [6.45, 7) is 8.34. The van der Waals surface area contributed by atoms with Gasteiger partial charge in [0.1, 0.15) is 0 Å². The van der Waals surface area contributed by atoms with Crippen LogP contribution in [0.25, 0.3) is 0 Å². The summed E-state index contributed by atoms with van der Waals surface area (Å²) in [5.41, 5.74) is 8.82. The third kappa shape index (κ3) is 4.42. The SMILES string of the molecule is Cc1cccc(C)c1N=Cc1cccc(C=Nc2c(C)cccc2C)c1Br. The summed E-state index contributed by atoms with van der Waals surface area (Å²) in [7, 11) is 0. The Morgan fingerprint density at radius 2 is 0.926 bits per heavy atom. The zero-order valence-electron chi connectivity index (χ0n) is 16.1.